The average molecular weight is 440 g/mol. The molecule has 29 heavy (non-hydrogen) atoms. The van der Waals surface area contributed by atoms with Gasteiger partial charge in [0.05, 0.1) is 23.8 Å². The minimum Gasteiger partial charge on any atom is -0.246 e. The number of fused-ring (bicyclic) bond motifs is 1. The van der Waals surface area contributed by atoms with Gasteiger partial charge in [-0.1, -0.05) is 18.2 Å². The number of halogens is 3. The number of anilines is 1. The zero-order valence-corrected chi connectivity index (χ0v) is 16.0. The number of rotatable bonds is 5. The van der Waals surface area contributed by atoms with Crippen molar-refractivity contribution in [2.75, 3.05) is 4.72 Å². The Bertz CT molecular complexity index is 1280. The third-order valence-corrected chi connectivity index (χ3v) is 5.80. The van der Waals surface area contributed by atoms with Gasteiger partial charge in [-0.3, -0.25) is 0 Å². The number of hydrogen-bond donors (Lipinski definition) is 1. The van der Waals surface area contributed by atoms with Crippen LogP contribution in [-0.2, 0) is 22.7 Å². The van der Waals surface area contributed by atoms with Crippen molar-refractivity contribution in [3.63, 3.8) is 0 Å². The van der Waals surface area contributed by atoms with Crippen LogP contribution < -0.4 is 4.72 Å². The van der Waals surface area contributed by atoms with E-state index in [1.807, 2.05) is 0 Å². The van der Waals surface area contributed by atoms with Gasteiger partial charge < -0.3 is 0 Å². The summed E-state index contributed by atoms with van der Waals surface area (Å²) in [5.74, 6) is -0.211. The van der Waals surface area contributed by atoms with Gasteiger partial charge in [-0.25, -0.2) is 17.8 Å². The number of alkyl halides is 3. The first-order valence-electron chi connectivity index (χ1n) is 8.02. The number of nitrogens with one attached hydrogen (secondary N) is 1. The van der Waals surface area contributed by atoms with Crippen molar-refractivity contribution in [1.29, 1.82) is 0 Å². The van der Waals surface area contributed by atoms with Crippen molar-refractivity contribution in [3.8, 4) is 0 Å². The maximum atomic E-state index is 12.8. The molecule has 0 atom stereocenters. The van der Waals surface area contributed by atoms with Gasteiger partial charge in [-0.2, -0.15) is 26.9 Å². The molecule has 0 saturated carbocycles. The molecule has 0 aliphatic rings. The summed E-state index contributed by atoms with van der Waals surface area (Å²) < 4.78 is 75.2. The Kier molecular flexibility index (Phi) is 4.70. The van der Waals surface area contributed by atoms with Crippen molar-refractivity contribution in [1.82, 2.24) is 23.5 Å². The molecule has 4 rings (SSSR count). The monoisotopic (exact) mass is 440 g/mol. The summed E-state index contributed by atoms with van der Waals surface area (Å²) >= 11 is 0.890. The van der Waals surface area contributed by atoms with Gasteiger partial charge in [0, 0.05) is 0 Å². The lowest BCUT2D eigenvalue weighted by atomic mass is 10.1. The van der Waals surface area contributed by atoms with Crippen LogP contribution in [0.1, 0.15) is 11.1 Å². The molecular weight excluding hydrogens is 429 g/mol. The molecule has 8 nitrogen and oxygen atoms in total. The van der Waals surface area contributed by atoms with Crippen LogP contribution in [0.15, 0.2) is 53.7 Å². The Hall–Kier alpha value is -3.06. The predicted molar refractivity (Wildman–Crippen MR) is 98.8 cm³/mol. The van der Waals surface area contributed by atoms with Crippen LogP contribution in [0.4, 0.5) is 19.1 Å². The number of aromatic nitrogens is 5. The molecule has 150 valence electrons. The molecule has 13 heteroatoms. The van der Waals surface area contributed by atoms with E-state index in [1.54, 1.807) is 6.07 Å². The summed E-state index contributed by atoms with van der Waals surface area (Å²) in [6, 6.07) is 9.33. The van der Waals surface area contributed by atoms with Crippen molar-refractivity contribution in [2.45, 2.75) is 17.6 Å². The van der Waals surface area contributed by atoms with Crippen LogP contribution >= 0.6 is 11.7 Å². The number of sulfonamides is 1. The van der Waals surface area contributed by atoms with E-state index in [4.69, 9.17) is 0 Å². The molecular formula is C16H11F3N6O2S2. The summed E-state index contributed by atoms with van der Waals surface area (Å²) in [6.45, 7) is -0.00969. The third-order valence-electron chi connectivity index (χ3n) is 3.90. The Morgan fingerprint density at radius 3 is 2.69 bits per heavy atom. The average Bonchev–Trinajstić information content (AvgIpc) is 3.29. The molecule has 0 bridgehead atoms. The fraction of sp³-hybridized carbons (Fsp3) is 0.125. The fourth-order valence-electron chi connectivity index (χ4n) is 2.62. The van der Waals surface area contributed by atoms with Gasteiger partial charge in [0.2, 0.25) is 0 Å². The molecule has 2 aromatic carbocycles. The van der Waals surface area contributed by atoms with Crippen LogP contribution in [-0.4, -0.2) is 31.9 Å². The standard InChI is InChI=1S/C16H11F3N6O2S2/c17-16(18,19)11-4-1-3-10(7-11)8-25-9-20-15(21-25)24-29(26,27)13-6-2-5-12-14(13)23-28-22-12/h1-7,9H,8H2,(H,21,24). The highest BCUT2D eigenvalue weighted by Gasteiger charge is 2.30. The highest BCUT2D eigenvalue weighted by atomic mass is 32.2. The summed E-state index contributed by atoms with van der Waals surface area (Å²) in [4.78, 5) is 3.80. The molecule has 0 spiro atoms. The lowest BCUT2D eigenvalue weighted by Gasteiger charge is -2.08. The Balaban J connectivity index is 1.55. The highest BCUT2D eigenvalue weighted by Crippen LogP contribution is 2.29. The second-order valence-electron chi connectivity index (χ2n) is 5.96. The SMILES string of the molecule is O=S(=O)(Nc1ncn(Cc2cccc(C(F)(F)F)c2)n1)c1cccc2nsnc12. The van der Waals surface area contributed by atoms with Crippen molar-refractivity contribution >= 4 is 38.7 Å². The molecule has 0 unspecified atom stereocenters. The van der Waals surface area contributed by atoms with Crippen LogP contribution in [0.2, 0.25) is 0 Å². The van der Waals surface area contributed by atoms with Gasteiger partial charge in [0.15, 0.2) is 0 Å². The fourth-order valence-corrected chi connectivity index (χ4v) is 4.34. The van der Waals surface area contributed by atoms with Crippen molar-refractivity contribution in [2.24, 2.45) is 0 Å². The Labute approximate surface area is 166 Å². The Morgan fingerprint density at radius 2 is 1.90 bits per heavy atom. The summed E-state index contributed by atoms with van der Waals surface area (Å²) in [7, 11) is -4.03. The topological polar surface area (TPSA) is 103 Å². The van der Waals surface area contributed by atoms with E-state index in [0.29, 0.717) is 11.1 Å². The minimum atomic E-state index is -4.45. The summed E-state index contributed by atoms with van der Waals surface area (Å²) in [5.41, 5.74) is 0.243. The smallest absolute Gasteiger partial charge is 0.246 e. The molecule has 0 amide bonds. The predicted octanol–water partition coefficient (Wildman–Crippen LogP) is 3.15. The van der Waals surface area contributed by atoms with Crippen LogP contribution in [0, 0.1) is 0 Å². The number of benzene rings is 2. The third kappa shape index (κ3) is 4.05. The molecule has 0 aliphatic carbocycles. The number of hydrogen-bond acceptors (Lipinski definition) is 7. The normalized spacial score (nSPS) is 12.4. The molecule has 1 N–H and O–H groups in total. The molecule has 0 aliphatic heterocycles. The van der Waals surface area contributed by atoms with E-state index in [0.717, 1.165) is 23.9 Å². The van der Waals surface area contributed by atoms with E-state index in [1.165, 1.54) is 35.3 Å². The van der Waals surface area contributed by atoms with E-state index >= 15 is 0 Å². The molecule has 0 fully saturated rings. The molecule has 4 aromatic rings. The first-order chi connectivity index (χ1) is 13.7. The quantitative estimate of drug-likeness (QED) is 0.512. The lowest BCUT2D eigenvalue weighted by molar-refractivity contribution is -0.137. The van der Waals surface area contributed by atoms with Gasteiger partial charge in [0.25, 0.3) is 16.0 Å². The highest BCUT2D eigenvalue weighted by molar-refractivity contribution is 7.93. The largest absolute Gasteiger partial charge is 0.416 e. The van der Waals surface area contributed by atoms with Crippen LogP contribution in [0.25, 0.3) is 11.0 Å². The van der Waals surface area contributed by atoms with E-state index in [-0.39, 0.29) is 22.9 Å². The maximum absolute atomic E-state index is 12.8. The van der Waals surface area contributed by atoms with Gasteiger partial charge in [-0.05, 0) is 29.8 Å². The summed E-state index contributed by atoms with van der Waals surface area (Å²) in [6.07, 6.45) is -3.23. The van der Waals surface area contributed by atoms with E-state index in [2.05, 4.69) is 23.6 Å². The summed E-state index contributed by atoms with van der Waals surface area (Å²) in [5, 5.41) is 3.98. The zero-order valence-electron chi connectivity index (χ0n) is 14.3. The number of nitrogens with zero attached hydrogens (tertiary/aromatic N) is 5. The molecule has 2 aromatic heterocycles. The second kappa shape index (κ2) is 7.08. The van der Waals surface area contributed by atoms with Crippen LogP contribution in [0.3, 0.4) is 0 Å². The van der Waals surface area contributed by atoms with Crippen molar-refractivity contribution in [3.05, 3.63) is 59.9 Å². The first-order valence-corrected chi connectivity index (χ1v) is 10.2. The molecule has 0 radical (unpaired) electrons. The molecule has 2 heterocycles. The van der Waals surface area contributed by atoms with Gasteiger partial charge in [0.1, 0.15) is 22.3 Å². The first kappa shape index (κ1) is 19.3. The molecule has 0 saturated heterocycles. The lowest BCUT2D eigenvalue weighted by Crippen LogP contribution is -2.15. The van der Waals surface area contributed by atoms with E-state index < -0.39 is 21.8 Å². The minimum absolute atomic E-state index is 0.00969. The Morgan fingerprint density at radius 1 is 1.10 bits per heavy atom. The van der Waals surface area contributed by atoms with E-state index in [9.17, 15) is 21.6 Å². The van der Waals surface area contributed by atoms with Gasteiger partial charge in [-0.15, -0.1) is 5.10 Å². The maximum Gasteiger partial charge on any atom is 0.416 e. The van der Waals surface area contributed by atoms with Gasteiger partial charge >= 0.3 is 6.18 Å². The zero-order chi connectivity index (χ0) is 20.6. The van der Waals surface area contributed by atoms with Crippen molar-refractivity contribution < 1.29 is 21.6 Å². The second-order valence-corrected chi connectivity index (χ2v) is 8.14. The van der Waals surface area contributed by atoms with Crippen LogP contribution in [0.5, 0.6) is 0 Å².